The van der Waals surface area contributed by atoms with Crippen LogP contribution >= 0.6 is 0 Å². The third kappa shape index (κ3) is 6.44. The number of hydrogen-bond donors (Lipinski definition) is 2. The van der Waals surface area contributed by atoms with Crippen molar-refractivity contribution in [3.05, 3.63) is 0 Å². The van der Waals surface area contributed by atoms with Crippen LogP contribution in [0.25, 0.3) is 0 Å². The first kappa shape index (κ1) is 12.9. The van der Waals surface area contributed by atoms with Crippen LogP contribution in [0.15, 0.2) is 0 Å². The number of nitriles is 1. The molecule has 0 aliphatic heterocycles. The summed E-state index contributed by atoms with van der Waals surface area (Å²) >= 11 is 0. The molecule has 0 spiro atoms. The first-order chi connectivity index (χ1) is 6.52. The zero-order valence-corrected chi connectivity index (χ0v) is 9.18. The summed E-state index contributed by atoms with van der Waals surface area (Å²) in [4.78, 5) is 10.8. The van der Waals surface area contributed by atoms with Gasteiger partial charge in [0.05, 0.1) is 11.5 Å². The Kier molecular flexibility index (Phi) is 5.89. The maximum Gasteiger partial charge on any atom is 0.221 e. The first-order valence-corrected chi connectivity index (χ1v) is 4.84. The molecule has 0 saturated heterocycles. The monoisotopic (exact) mass is 197 g/mol. The predicted molar refractivity (Wildman–Crippen MR) is 55.6 cm³/mol. The highest BCUT2D eigenvalue weighted by molar-refractivity contribution is 5.75. The Bertz CT molecular complexity index is 218. The van der Waals surface area contributed by atoms with Crippen molar-refractivity contribution in [3.63, 3.8) is 0 Å². The number of carbonyl (C=O) groups excluding carboxylic acids is 1. The van der Waals surface area contributed by atoms with Crippen molar-refractivity contribution in [2.24, 2.45) is 5.41 Å². The van der Waals surface area contributed by atoms with Gasteiger partial charge >= 0.3 is 0 Å². The molecule has 0 saturated carbocycles. The van der Waals surface area contributed by atoms with Crippen LogP contribution in [0.2, 0.25) is 0 Å². The molecule has 80 valence electrons. The molecule has 0 aliphatic rings. The maximum atomic E-state index is 10.8. The molecule has 0 aromatic heterocycles. The molecule has 0 aliphatic carbocycles. The Morgan fingerprint density at radius 1 is 1.43 bits per heavy atom. The number of nitrogens with one attached hydrogen (secondary N) is 2. The summed E-state index contributed by atoms with van der Waals surface area (Å²) in [7, 11) is 1.63. The molecule has 0 bridgehead atoms. The van der Waals surface area contributed by atoms with Gasteiger partial charge < -0.3 is 10.6 Å². The van der Waals surface area contributed by atoms with E-state index in [-0.39, 0.29) is 11.3 Å². The summed E-state index contributed by atoms with van der Waals surface area (Å²) < 4.78 is 0. The quantitative estimate of drug-likeness (QED) is 0.614. The largest absolute Gasteiger partial charge is 0.359 e. The SMILES string of the molecule is CNC(=O)CCNCCC(C)(C)C#N. The lowest BCUT2D eigenvalue weighted by atomic mass is 9.91. The van der Waals surface area contributed by atoms with Crippen LogP contribution in [0.4, 0.5) is 0 Å². The van der Waals surface area contributed by atoms with Crippen LogP contribution in [0.5, 0.6) is 0 Å². The molecule has 14 heavy (non-hydrogen) atoms. The van der Waals surface area contributed by atoms with Gasteiger partial charge in [0.25, 0.3) is 0 Å². The van der Waals surface area contributed by atoms with Crippen molar-refractivity contribution in [2.75, 3.05) is 20.1 Å². The Hall–Kier alpha value is -1.08. The van der Waals surface area contributed by atoms with E-state index in [0.29, 0.717) is 13.0 Å². The number of nitrogens with zero attached hydrogens (tertiary/aromatic N) is 1. The second-order valence-electron chi connectivity index (χ2n) is 3.92. The topological polar surface area (TPSA) is 64.9 Å². The van der Waals surface area contributed by atoms with E-state index in [1.165, 1.54) is 0 Å². The molecule has 0 aromatic carbocycles. The molecule has 0 rings (SSSR count). The van der Waals surface area contributed by atoms with Crippen molar-refractivity contribution in [2.45, 2.75) is 26.7 Å². The van der Waals surface area contributed by atoms with E-state index < -0.39 is 0 Å². The van der Waals surface area contributed by atoms with Crippen molar-refractivity contribution in [3.8, 4) is 6.07 Å². The number of amides is 1. The minimum absolute atomic E-state index is 0.0389. The highest BCUT2D eigenvalue weighted by Crippen LogP contribution is 2.16. The third-order valence-electron chi connectivity index (χ3n) is 2.04. The first-order valence-electron chi connectivity index (χ1n) is 4.84. The Balaban J connectivity index is 3.40. The summed E-state index contributed by atoms with van der Waals surface area (Å²) in [5, 5.41) is 14.4. The molecule has 0 radical (unpaired) electrons. The summed E-state index contributed by atoms with van der Waals surface area (Å²) in [6.45, 7) is 5.26. The normalized spacial score (nSPS) is 10.7. The second kappa shape index (κ2) is 6.39. The highest BCUT2D eigenvalue weighted by Gasteiger charge is 2.15. The third-order valence-corrected chi connectivity index (χ3v) is 2.04. The minimum Gasteiger partial charge on any atom is -0.359 e. The molecule has 0 atom stereocenters. The van der Waals surface area contributed by atoms with E-state index in [9.17, 15) is 4.79 Å². The lowest BCUT2D eigenvalue weighted by molar-refractivity contribution is -0.120. The van der Waals surface area contributed by atoms with E-state index in [0.717, 1.165) is 13.0 Å². The summed E-state index contributed by atoms with van der Waals surface area (Å²) in [5.74, 6) is 0.0389. The second-order valence-corrected chi connectivity index (χ2v) is 3.92. The van der Waals surface area contributed by atoms with Gasteiger partial charge in [-0.25, -0.2) is 0 Å². The summed E-state index contributed by atoms with van der Waals surface area (Å²) in [5.41, 5.74) is -0.278. The standard InChI is InChI=1S/C10H19N3O/c1-10(2,8-11)5-7-13-6-4-9(14)12-3/h13H,4-7H2,1-3H3,(H,12,14). The molecule has 1 amide bonds. The van der Waals surface area contributed by atoms with Gasteiger partial charge in [0.15, 0.2) is 0 Å². The average Bonchev–Trinajstić information content (AvgIpc) is 2.17. The van der Waals surface area contributed by atoms with E-state index in [1.54, 1.807) is 7.05 Å². The molecule has 0 unspecified atom stereocenters. The van der Waals surface area contributed by atoms with Gasteiger partial charge in [-0.3, -0.25) is 4.79 Å². The van der Waals surface area contributed by atoms with Gasteiger partial charge in [0, 0.05) is 20.0 Å². The zero-order chi connectivity index (χ0) is 11.0. The molecule has 4 nitrogen and oxygen atoms in total. The van der Waals surface area contributed by atoms with E-state index in [4.69, 9.17) is 5.26 Å². The van der Waals surface area contributed by atoms with Gasteiger partial charge in [0.1, 0.15) is 0 Å². The average molecular weight is 197 g/mol. The summed E-state index contributed by atoms with van der Waals surface area (Å²) in [6, 6.07) is 2.23. The zero-order valence-electron chi connectivity index (χ0n) is 9.18. The highest BCUT2D eigenvalue weighted by atomic mass is 16.1. The molecular weight excluding hydrogens is 178 g/mol. The van der Waals surface area contributed by atoms with Crippen molar-refractivity contribution >= 4 is 5.91 Å². The van der Waals surface area contributed by atoms with Crippen LogP contribution in [-0.4, -0.2) is 26.0 Å². The van der Waals surface area contributed by atoms with Crippen molar-refractivity contribution in [1.29, 1.82) is 5.26 Å². The van der Waals surface area contributed by atoms with E-state index in [2.05, 4.69) is 16.7 Å². The molecular formula is C10H19N3O. The van der Waals surface area contributed by atoms with Gasteiger partial charge in [-0.15, -0.1) is 0 Å². The van der Waals surface area contributed by atoms with E-state index in [1.807, 2.05) is 13.8 Å². The predicted octanol–water partition coefficient (Wildman–Crippen LogP) is 0.652. The molecule has 0 fully saturated rings. The fraction of sp³-hybridized carbons (Fsp3) is 0.800. The van der Waals surface area contributed by atoms with E-state index >= 15 is 0 Å². The molecule has 4 heteroatoms. The van der Waals surface area contributed by atoms with Crippen LogP contribution in [0.1, 0.15) is 26.7 Å². The Morgan fingerprint density at radius 3 is 2.57 bits per heavy atom. The van der Waals surface area contributed by atoms with Crippen LogP contribution in [-0.2, 0) is 4.79 Å². The minimum atomic E-state index is -0.278. The van der Waals surface area contributed by atoms with Gasteiger partial charge in [-0.1, -0.05) is 0 Å². The maximum absolute atomic E-state index is 10.8. The number of rotatable bonds is 6. The van der Waals surface area contributed by atoms with Gasteiger partial charge in [0.2, 0.25) is 5.91 Å². The number of carbonyl (C=O) groups is 1. The molecule has 0 aromatic rings. The van der Waals surface area contributed by atoms with Gasteiger partial charge in [-0.2, -0.15) is 5.26 Å². The fourth-order valence-corrected chi connectivity index (χ4v) is 0.909. The fourth-order valence-electron chi connectivity index (χ4n) is 0.909. The van der Waals surface area contributed by atoms with Gasteiger partial charge in [-0.05, 0) is 26.8 Å². The van der Waals surface area contributed by atoms with Crippen molar-refractivity contribution in [1.82, 2.24) is 10.6 Å². The number of hydrogen-bond acceptors (Lipinski definition) is 3. The smallest absolute Gasteiger partial charge is 0.221 e. The molecule has 2 N–H and O–H groups in total. The lowest BCUT2D eigenvalue weighted by Crippen LogP contribution is -2.27. The van der Waals surface area contributed by atoms with Crippen LogP contribution in [0.3, 0.4) is 0 Å². The van der Waals surface area contributed by atoms with Crippen molar-refractivity contribution < 1.29 is 4.79 Å². The Morgan fingerprint density at radius 2 is 2.07 bits per heavy atom. The van der Waals surface area contributed by atoms with Crippen LogP contribution < -0.4 is 10.6 Å². The Labute approximate surface area is 85.7 Å². The molecule has 0 heterocycles. The van der Waals surface area contributed by atoms with Crippen LogP contribution in [0, 0.1) is 16.7 Å². The summed E-state index contributed by atoms with van der Waals surface area (Å²) in [6.07, 6.45) is 1.29. The lowest BCUT2D eigenvalue weighted by Gasteiger charge is -2.14.